The molecule has 0 radical (unpaired) electrons. The van der Waals surface area contributed by atoms with Gasteiger partial charge in [-0.1, -0.05) is 17.7 Å². The van der Waals surface area contributed by atoms with E-state index in [2.05, 4.69) is 19.2 Å². The highest BCUT2D eigenvalue weighted by Crippen LogP contribution is 2.24. The van der Waals surface area contributed by atoms with Crippen LogP contribution in [0.15, 0.2) is 18.2 Å². The van der Waals surface area contributed by atoms with E-state index < -0.39 is 0 Å². The van der Waals surface area contributed by atoms with E-state index in [1.807, 2.05) is 0 Å². The van der Waals surface area contributed by atoms with E-state index in [0.29, 0.717) is 12.0 Å². The van der Waals surface area contributed by atoms with Crippen LogP contribution in [0.25, 0.3) is 0 Å². The monoisotopic (exact) mass is 285 g/mol. The van der Waals surface area contributed by atoms with Crippen LogP contribution in [0.5, 0.6) is 0 Å². The fraction of sp³-hybridized carbons (Fsp3) is 0.600. The zero-order valence-corrected chi connectivity index (χ0v) is 12.2. The molecular weight excluding hydrogens is 265 g/mol. The second-order valence-corrected chi connectivity index (χ2v) is 5.71. The fourth-order valence-corrected chi connectivity index (χ4v) is 2.81. The molecule has 1 aliphatic rings. The first-order valence-corrected chi connectivity index (χ1v) is 7.24. The average molecular weight is 286 g/mol. The quantitative estimate of drug-likeness (QED) is 0.904. The Kier molecular flexibility index (Phi) is 5.20. The maximum Gasteiger partial charge on any atom is 0.141 e. The molecule has 106 valence electrons. The summed E-state index contributed by atoms with van der Waals surface area (Å²) in [4.78, 5) is 0. The van der Waals surface area contributed by atoms with Crippen molar-refractivity contribution in [2.75, 3.05) is 13.2 Å². The molecule has 0 spiro atoms. The van der Waals surface area contributed by atoms with Crippen molar-refractivity contribution in [2.45, 2.75) is 38.8 Å². The van der Waals surface area contributed by atoms with Crippen molar-refractivity contribution >= 4 is 11.6 Å². The Morgan fingerprint density at radius 1 is 1.32 bits per heavy atom. The maximum atomic E-state index is 13.1. The van der Waals surface area contributed by atoms with Gasteiger partial charge in [-0.3, -0.25) is 0 Å². The second-order valence-electron chi connectivity index (χ2n) is 5.30. The molecule has 1 fully saturated rings. The van der Waals surface area contributed by atoms with E-state index in [9.17, 15) is 4.39 Å². The smallest absolute Gasteiger partial charge is 0.141 e. The van der Waals surface area contributed by atoms with Gasteiger partial charge in [0.25, 0.3) is 0 Å². The van der Waals surface area contributed by atoms with Crippen LogP contribution in [0, 0.1) is 11.7 Å². The third-order valence-electron chi connectivity index (χ3n) is 3.93. The van der Waals surface area contributed by atoms with Gasteiger partial charge >= 0.3 is 0 Å². The summed E-state index contributed by atoms with van der Waals surface area (Å²) >= 11 is 5.82. The first-order valence-electron chi connectivity index (χ1n) is 6.86. The molecule has 4 heteroatoms. The van der Waals surface area contributed by atoms with Crippen molar-refractivity contribution < 1.29 is 9.13 Å². The van der Waals surface area contributed by atoms with Crippen molar-refractivity contribution in [2.24, 2.45) is 5.92 Å². The zero-order valence-electron chi connectivity index (χ0n) is 11.5. The van der Waals surface area contributed by atoms with Crippen molar-refractivity contribution in [1.82, 2.24) is 5.32 Å². The molecule has 2 rings (SSSR count). The SMILES string of the molecule is CC(NC(C)C1CCOCC1)c1ccc(F)c(Cl)c1. The number of ether oxygens (including phenoxy) is 1. The third-order valence-corrected chi connectivity index (χ3v) is 4.22. The van der Waals surface area contributed by atoms with Crippen LogP contribution in [0.1, 0.15) is 38.3 Å². The molecule has 0 saturated carbocycles. The molecule has 0 bridgehead atoms. The molecular formula is C15H21ClFNO. The molecule has 1 saturated heterocycles. The van der Waals surface area contributed by atoms with Crippen LogP contribution in [-0.4, -0.2) is 19.3 Å². The average Bonchev–Trinajstić information content (AvgIpc) is 2.42. The maximum absolute atomic E-state index is 13.1. The summed E-state index contributed by atoms with van der Waals surface area (Å²) in [5.74, 6) is 0.280. The van der Waals surface area contributed by atoms with E-state index >= 15 is 0 Å². The topological polar surface area (TPSA) is 21.3 Å². The number of nitrogens with one attached hydrogen (secondary N) is 1. The highest BCUT2D eigenvalue weighted by Gasteiger charge is 2.22. The van der Waals surface area contributed by atoms with Crippen molar-refractivity contribution in [1.29, 1.82) is 0 Å². The molecule has 19 heavy (non-hydrogen) atoms. The number of benzene rings is 1. The van der Waals surface area contributed by atoms with Gasteiger partial charge in [0.05, 0.1) is 5.02 Å². The lowest BCUT2D eigenvalue weighted by Gasteiger charge is -2.31. The Bertz CT molecular complexity index is 421. The summed E-state index contributed by atoms with van der Waals surface area (Å²) in [5, 5.41) is 3.76. The molecule has 1 aromatic carbocycles. The van der Waals surface area contributed by atoms with Crippen LogP contribution in [0.3, 0.4) is 0 Å². The molecule has 1 heterocycles. The van der Waals surface area contributed by atoms with Crippen molar-refractivity contribution in [3.8, 4) is 0 Å². The van der Waals surface area contributed by atoms with Gasteiger partial charge in [0.2, 0.25) is 0 Å². The highest BCUT2D eigenvalue weighted by atomic mass is 35.5. The van der Waals surface area contributed by atoms with Crippen LogP contribution < -0.4 is 5.32 Å². The summed E-state index contributed by atoms with van der Waals surface area (Å²) in [6.07, 6.45) is 2.20. The fourth-order valence-electron chi connectivity index (χ4n) is 2.62. The van der Waals surface area contributed by atoms with Crippen LogP contribution in [0.2, 0.25) is 5.02 Å². The summed E-state index contributed by atoms with van der Waals surface area (Å²) in [6.45, 7) is 6.00. The van der Waals surface area contributed by atoms with Crippen molar-refractivity contribution in [3.05, 3.63) is 34.6 Å². The van der Waals surface area contributed by atoms with Gasteiger partial charge in [0, 0.05) is 25.3 Å². The Balaban J connectivity index is 1.95. The van der Waals surface area contributed by atoms with E-state index in [4.69, 9.17) is 16.3 Å². The summed E-state index contributed by atoms with van der Waals surface area (Å²) in [6, 6.07) is 5.49. The van der Waals surface area contributed by atoms with Gasteiger partial charge in [0.1, 0.15) is 5.82 Å². The van der Waals surface area contributed by atoms with Gasteiger partial charge in [0.15, 0.2) is 0 Å². The molecule has 2 atom stereocenters. The van der Waals surface area contributed by atoms with Crippen LogP contribution in [-0.2, 0) is 4.74 Å². The minimum Gasteiger partial charge on any atom is -0.381 e. The molecule has 0 amide bonds. The lowest BCUT2D eigenvalue weighted by Crippen LogP contribution is -2.38. The van der Waals surface area contributed by atoms with Crippen LogP contribution >= 0.6 is 11.6 Å². The number of rotatable bonds is 4. The molecule has 1 N–H and O–H groups in total. The lowest BCUT2D eigenvalue weighted by molar-refractivity contribution is 0.0547. The third kappa shape index (κ3) is 3.91. The first kappa shape index (κ1) is 14.8. The summed E-state index contributed by atoms with van der Waals surface area (Å²) in [7, 11) is 0. The van der Waals surface area contributed by atoms with Crippen molar-refractivity contribution in [3.63, 3.8) is 0 Å². The number of hydrogen-bond acceptors (Lipinski definition) is 2. The molecule has 1 aromatic rings. The van der Waals surface area contributed by atoms with Gasteiger partial charge in [-0.2, -0.15) is 0 Å². The predicted octanol–water partition coefficient (Wildman–Crippen LogP) is 3.94. The highest BCUT2D eigenvalue weighted by molar-refractivity contribution is 6.30. The number of hydrogen-bond donors (Lipinski definition) is 1. The van der Waals surface area contributed by atoms with Crippen LogP contribution in [0.4, 0.5) is 4.39 Å². The van der Waals surface area contributed by atoms with Gasteiger partial charge < -0.3 is 10.1 Å². The molecule has 2 nitrogen and oxygen atoms in total. The normalized spacial score (nSPS) is 20.2. The largest absolute Gasteiger partial charge is 0.381 e. The summed E-state index contributed by atoms with van der Waals surface area (Å²) < 4.78 is 18.5. The number of halogens is 2. The Labute approximate surface area is 119 Å². The molecule has 0 aliphatic carbocycles. The minimum absolute atomic E-state index is 0.163. The Morgan fingerprint density at radius 3 is 2.63 bits per heavy atom. The van der Waals surface area contributed by atoms with E-state index in [0.717, 1.165) is 31.6 Å². The van der Waals surface area contributed by atoms with Gasteiger partial charge in [-0.05, 0) is 50.3 Å². The Hall–Kier alpha value is -0.640. The molecule has 1 aliphatic heterocycles. The molecule has 2 unspecified atom stereocenters. The zero-order chi connectivity index (χ0) is 13.8. The lowest BCUT2D eigenvalue weighted by atomic mass is 9.92. The van der Waals surface area contributed by atoms with Gasteiger partial charge in [-0.25, -0.2) is 4.39 Å². The minimum atomic E-state index is -0.366. The van der Waals surface area contributed by atoms with E-state index in [1.165, 1.54) is 6.07 Å². The molecule has 0 aromatic heterocycles. The first-order chi connectivity index (χ1) is 9.08. The van der Waals surface area contributed by atoms with Gasteiger partial charge in [-0.15, -0.1) is 0 Å². The van der Waals surface area contributed by atoms with E-state index in [1.54, 1.807) is 12.1 Å². The second kappa shape index (κ2) is 6.69. The standard InChI is InChI=1S/C15H21ClFNO/c1-10(12-5-7-19-8-6-12)18-11(2)13-3-4-15(17)14(16)9-13/h3-4,9-12,18H,5-8H2,1-2H3. The van der Waals surface area contributed by atoms with E-state index in [-0.39, 0.29) is 16.9 Å². The summed E-state index contributed by atoms with van der Waals surface area (Å²) in [5.41, 5.74) is 1.02. The Morgan fingerprint density at radius 2 is 2.00 bits per heavy atom. The predicted molar refractivity (Wildman–Crippen MR) is 76.0 cm³/mol.